The van der Waals surface area contributed by atoms with Gasteiger partial charge in [0, 0.05) is 71.4 Å². The number of nitrogens with zero attached hydrogens (tertiary/aromatic N) is 9. The van der Waals surface area contributed by atoms with Crippen molar-refractivity contribution in [3.8, 4) is 11.4 Å². The molecule has 7 N–H and O–H groups in total. The van der Waals surface area contributed by atoms with Gasteiger partial charge < -0.3 is 51.3 Å². The lowest BCUT2D eigenvalue weighted by Crippen LogP contribution is -2.40. The van der Waals surface area contributed by atoms with Gasteiger partial charge in [0.25, 0.3) is 11.8 Å². The summed E-state index contributed by atoms with van der Waals surface area (Å²) in [6.07, 6.45) is 6.79. The molecule has 0 saturated carbocycles. The van der Waals surface area contributed by atoms with Gasteiger partial charge >= 0.3 is 6.09 Å². The zero-order chi connectivity index (χ0) is 55.6. The molecule has 0 spiro atoms. The minimum atomic E-state index is -1.30. The standard InChI is InChI=1S/C33H48FN7O4Si.C22H26FN7O/c1-22-18-27(37-23(2)36-22)28-20-41(21-44-16-17-46(6,7)8)30(38-28)31(42)39-26-11-9-10-25(34)29(26)40-14-12-24(13-15-40)19-35-32(43)45-33(3,4)5;1-13-11-19(29-22(25)26-13)16-5-6-18(27-16)21(31)28-17-4-2-3-15(23)20(17)30-9-7-14(12-24)8-10-30/h9-11,18,20,24H,12-17,19,21H2,1-8H3,(H,35,43)(H,39,42);2-5,11,14H,6-10,12,24H2,1H3,(H,28,31)(H2,25,26,29). The number of nitrogens with one attached hydrogen (secondary N) is 3. The number of nitrogen functional groups attached to an aromatic ring is 1. The Hall–Kier alpha value is -7.17. The molecule has 22 heteroatoms. The fourth-order valence-corrected chi connectivity index (χ4v) is 9.97. The molecule has 0 atom stereocenters. The Labute approximate surface area is 450 Å². The average molecular weight is 1080 g/mol. The van der Waals surface area contributed by atoms with Crippen molar-refractivity contribution >= 4 is 66.1 Å². The number of benzene rings is 2. The van der Waals surface area contributed by atoms with Crippen LogP contribution < -0.4 is 37.2 Å². The van der Waals surface area contributed by atoms with E-state index in [9.17, 15) is 18.8 Å². The van der Waals surface area contributed by atoms with Gasteiger partial charge in [0.15, 0.2) is 0 Å². The number of allylic oxidation sites excluding steroid dienone is 1. The largest absolute Gasteiger partial charge is 0.444 e. The van der Waals surface area contributed by atoms with Gasteiger partial charge in [0.05, 0.1) is 39.8 Å². The number of hydrogen-bond donors (Lipinski definition) is 5. The minimum absolute atomic E-state index is 0.138. The number of carbonyl (C=O) groups is 3. The number of carbonyl (C=O) groups excluding carboxylic acids is 3. The van der Waals surface area contributed by atoms with Gasteiger partial charge in [-0.2, -0.15) is 0 Å². The highest BCUT2D eigenvalue weighted by Gasteiger charge is 2.29. The molecule has 3 aliphatic rings. The van der Waals surface area contributed by atoms with Crippen LogP contribution in [0.4, 0.5) is 42.3 Å². The quantitative estimate of drug-likeness (QED) is 0.0458. The smallest absolute Gasteiger partial charge is 0.407 e. The van der Waals surface area contributed by atoms with Crippen molar-refractivity contribution in [2.45, 2.75) is 112 Å². The first-order valence-corrected chi connectivity index (χ1v) is 30.0. The highest BCUT2D eigenvalue weighted by Crippen LogP contribution is 2.35. The van der Waals surface area contributed by atoms with Gasteiger partial charge in [-0.25, -0.2) is 43.5 Å². The molecular weight excluding hydrogens is 1000 g/mol. The topological polar surface area (TPSA) is 246 Å². The van der Waals surface area contributed by atoms with Crippen LogP contribution in [-0.4, -0.2) is 113 Å². The molecule has 0 bridgehead atoms. The fourth-order valence-electron chi connectivity index (χ4n) is 9.21. The SMILES string of the molecule is Cc1cc(-c2cn(COCC[Si](C)(C)C)c(C(=O)Nc3cccc(F)c3N3CCC(CNC(=O)OC(C)(C)C)CC3)n2)nc(C)n1.Cc1cc(C2=CCC(C(=O)Nc3cccc(F)c3N3CCC(CN)CC3)=N2)nc(N)n1. The Balaban J connectivity index is 0.000000241. The van der Waals surface area contributed by atoms with E-state index in [0.29, 0.717) is 115 Å². The predicted molar refractivity (Wildman–Crippen MR) is 301 cm³/mol. The number of rotatable bonds is 16. The van der Waals surface area contributed by atoms with Gasteiger partial charge in [0.2, 0.25) is 11.8 Å². The van der Waals surface area contributed by atoms with Crippen LogP contribution >= 0.6 is 0 Å². The summed E-state index contributed by atoms with van der Waals surface area (Å²) in [6.45, 7) is 22.2. The number of imidazole rings is 1. The summed E-state index contributed by atoms with van der Waals surface area (Å²) < 4.78 is 43.1. The van der Waals surface area contributed by atoms with E-state index in [1.807, 2.05) is 63.5 Å². The first-order chi connectivity index (χ1) is 36.5. The van der Waals surface area contributed by atoms with E-state index in [-0.39, 0.29) is 36.1 Å². The number of aryl methyl sites for hydroxylation is 3. The summed E-state index contributed by atoms with van der Waals surface area (Å²) in [5.74, 6) is -0.0367. The highest BCUT2D eigenvalue weighted by atomic mass is 28.3. The van der Waals surface area contributed by atoms with E-state index in [2.05, 4.69) is 65.5 Å². The number of para-hydroxylation sites is 2. The first-order valence-electron chi connectivity index (χ1n) is 26.3. The molecule has 6 heterocycles. The Bertz CT molecular complexity index is 2930. The molecule has 3 aliphatic heterocycles. The molecule has 0 radical (unpaired) electrons. The number of aromatic nitrogens is 6. The lowest BCUT2D eigenvalue weighted by Gasteiger charge is -2.35. The summed E-state index contributed by atoms with van der Waals surface area (Å²) in [5.41, 5.74) is 16.6. The third-order valence-corrected chi connectivity index (χ3v) is 14.9. The van der Waals surface area contributed by atoms with Gasteiger partial charge in [0.1, 0.15) is 41.2 Å². The predicted octanol–water partition coefficient (Wildman–Crippen LogP) is 8.91. The third-order valence-electron chi connectivity index (χ3n) is 13.2. The third kappa shape index (κ3) is 16.2. The maximum absolute atomic E-state index is 15.4. The number of anilines is 5. The van der Waals surface area contributed by atoms with E-state index >= 15 is 4.39 Å². The molecule has 2 saturated heterocycles. The number of amides is 3. The summed E-state index contributed by atoms with van der Waals surface area (Å²) >= 11 is 0. The Morgan fingerprint density at radius 3 is 1.92 bits per heavy atom. The van der Waals surface area contributed by atoms with Gasteiger partial charge in [-0.05, 0) is 128 Å². The molecule has 5 aromatic rings. The van der Waals surface area contributed by atoms with E-state index in [1.54, 1.807) is 41.1 Å². The van der Waals surface area contributed by atoms with Gasteiger partial charge in [-0.15, -0.1) is 0 Å². The summed E-state index contributed by atoms with van der Waals surface area (Å²) in [6, 6.07) is 14.0. The van der Waals surface area contributed by atoms with Crippen LogP contribution in [0, 0.1) is 44.2 Å². The van der Waals surface area contributed by atoms with Crippen LogP contribution in [0.5, 0.6) is 0 Å². The zero-order valence-electron chi connectivity index (χ0n) is 45.8. The number of hydrogen-bond acceptors (Lipinski definition) is 15. The first kappa shape index (κ1) is 57.5. The number of halogens is 2. The number of aliphatic imine (C=N–C) groups is 1. The maximum Gasteiger partial charge on any atom is 0.407 e. The summed E-state index contributed by atoms with van der Waals surface area (Å²) in [5, 5.41) is 8.61. The molecular formula is C55H74F2N14O5Si. The second-order valence-corrected chi connectivity index (χ2v) is 27.6. The molecule has 2 aromatic carbocycles. The molecule has 19 nitrogen and oxygen atoms in total. The van der Waals surface area contributed by atoms with Crippen LogP contribution in [0.1, 0.15) is 86.4 Å². The molecule has 2 fully saturated rings. The lowest BCUT2D eigenvalue weighted by atomic mass is 9.96. The van der Waals surface area contributed by atoms with E-state index in [4.69, 9.17) is 20.9 Å². The van der Waals surface area contributed by atoms with Crippen molar-refractivity contribution < 1.29 is 32.6 Å². The van der Waals surface area contributed by atoms with Crippen LogP contribution in [0.3, 0.4) is 0 Å². The number of alkyl carbamates (subject to hydrolysis) is 1. The van der Waals surface area contributed by atoms with E-state index < -0.39 is 31.5 Å². The van der Waals surface area contributed by atoms with Crippen LogP contribution in [-0.2, 0) is 21.0 Å². The van der Waals surface area contributed by atoms with Crippen LogP contribution in [0.15, 0.2) is 65.8 Å². The normalized spacial score (nSPS) is 15.3. The van der Waals surface area contributed by atoms with Gasteiger partial charge in [-0.1, -0.05) is 37.8 Å². The van der Waals surface area contributed by atoms with Crippen molar-refractivity contribution in [1.29, 1.82) is 0 Å². The zero-order valence-corrected chi connectivity index (χ0v) is 46.8. The number of nitrogens with two attached hydrogens (primary N) is 2. The Morgan fingerprint density at radius 1 is 0.766 bits per heavy atom. The monoisotopic (exact) mass is 1080 g/mol. The number of ether oxygens (including phenoxy) is 2. The molecule has 0 unspecified atom stereocenters. The molecule has 77 heavy (non-hydrogen) atoms. The maximum atomic E-state index is 15.4. The van der Waals surface area contributed by atoms with Crippen molar-refractivity contribution in [3.63, 3.8) is 0 Å². The van der Waals surface area contributed by atoms with Crippen molar-refractivity contribution in [2.24, 2.45) is 22.6 Å². The summed E-state index contributed by atoms with van der Waals surface area (Å²) in [7, 11) is -1.30. The second kappa shape index (κ2) is 25.3. The van der Waals surface area contributed by atoms with Crippen LogP contribution in [0.2, 0.25) is 25.7 Å². The molecule has 412 valence electrons. The van der Waals surface area contributed by atoms with Crippen molar-refractivity contribution in [2.75, 3.05) is 72.0 Å². The average Bonchev–Trinajstić information content (AvgIpc) is 4.04. The minimum Gasteiger partial charge on any atom is -0.444 e. The van der Waals surface area contributed by atoms with Crippen molar-refractivity contribution in [1.82, 2.24) is 34.8 Å². The lowest BCUT2D eigenvalue weighted by molar-refractivity contribution is -0.110. The van der Waals surface area contributed by atoms with E-state index in [1.165, 1.54) is 12.1 Å². The van der Waals surface area contributed by atoms with E-state index in [0.717, 1.165) is 43.1 Å². The van der Waals surface area contributed by atoms with Gasteiger partial charge in [-0.3, -0.25) is 9.59 Å². The fraction of sp³-hybridized carbons (Fsp3) is 0.473. The van der Waals surface area contributed by atoms with Crippen molar-refractivity contribution in [3.05, 3.63) is 101 Å². The molecule has 8 rings (SSSR count). The summed E-state index contributed by atoms with van der Waals surface area (Å²) in [4.78, 5) is 68.9. The Morgan fingerprint density at radius 2 is 1.35 bits per heavy atom. The highest BCUT2D eigenvalue weighted by molar-refractivity contribution is 6.76. The molecule has 0 aliphatic carbocycles. The molecule has 3 amide bonds. The second-order valence-electron chi connectivity index (χ2n) is 22.0. The Kier molecular flexibility index (Phi) is 18.9. The number of piperidine rings is 2. The van der Waals surface area contributed by atoms with Crippen LogP contribution in [0.25, 0.3) is 17.1 Å². The molecule has 3 aromatic heterocycles.